The fraction of sp³-hybridized carbons (Fsp3) is 0.600. The smallest absolute Gasteiger partial charge is 0.407 e. The summed E-state index contributed by atoms with van der Waals surface area (Å²) in [4.78, 5) is 16.6. The predicted octanol–water partition coefficient (Wildman–Crippen LogP) is 5.27. The molecule has 1 aliphatic heterocycles. The van der Waals surface area contributed by atoms with Crippen molar-refractivity contribution in [1.82, 2.24) is 10.3 Å². The van der Waals surface area contributed by atoms with Crippen molar-refractivity contribution in [2.75, 3.05) is 13.7 Å². The van der Waals surface area contributed by atoms with Crippen LogP contribution in [0.3, 0.4) is 0 Å². The lowest BCUT2D eigenvalue weighted by Gasteiger charge is -2.33. The number of methoxy groups -OCH3 is 1. The van der Waals surface area contributed by atoms with Gasteiger partial charge in [-0.2, -0.15) is 0 Å². The lowest BCUT2D eigenvalue weighted by atomic mass is 9.79. The summed E-state index contributed by atoms with van der Waals surface area (Å²) in [6.07, 6.45) is 8.02. The van der Waals surface area contributed by atoms with Crippen LogP contribution >= 0.6 is 0 Å². The van der Waals surface area contributed by atoms with Gasteiger partial charge in [0.05, 0.1) is 25.4 Å². The van der Waals surface area contributed by atoms with Crippen LogP contribution in [0.1, 0.15) is 58.4 Å². The molecule has 4 rings (SSSR count). The summed E-state index contributed by atoms with van der Waals surface area (Å²) in [5, 5.41) is 4.17. The van der Waals surface area contributed by atoms with Crippen LogP contribution in [0.4, 0.5) is 4.79 Å². The average Bonchev–Trinajstić information content (AvgIpc) is 2.73. The number of hydrogen-bond acceptors (Lipinski definition) is 5. The maximum Gasteiger partial charge on any atom is 0.407 e. The van der Waals surface area contributed by atoms with Crippen molar-refractivity contribution in [3.05, 3.63) is 30.0 Å². The van der Waals surface area contributed by atoms with E-state index in [9.17, 15) is 4.79 Å². The number of benzene rings is 1. The topological polar surface area (TPSA) is 69.7 Å². The van der Waals surface area contributed by atoms with Crippen LogP contribution in [0, 0.1) is 11.8 Å². The number of aromatic nitrogens is 1. The number of hydrogen-bond donors (Lipinski definition) is 1. The molecule has 1 atom stereocenters. The van der Waals surface area contributed by atoms with Gasteiger partial charge in [0.2, 0.25) is 0 Å². The molecule has 31 heavy (non-hydrogen) atoms. The fourth-order valence-corrected chi connectivity index (χ4v) is 4.86. The predicted molar refractivity (Wildman–Crippen MR) is 121 cm³/mol. The first-order chi connectivity index (χ1) is 14.8. The maximum absolute atomic E-state index is 12.0. The van der Waals surface area contributed by atoms with E-state index in [4.69, 9.17) is 14.2 Å². The normalized spacial score (nSPS) is 23.5. The highest BCUT2D eigenvalue weighted by Gasteiger charge is 2.29. The van der Waals surface area contributed by atoms with Gasteiger partial charge in [0.15, 0.2) is 0 Å². The zero-order valence-electron chi connectivity index (χ0n) is 19.1. The van der Waals surface area contributed by atoms with Gasteiger partial charge in [0, 0.05) is 17.0 Å². The SMILES string of the molecule is COc1ccc2ncc3c(c2c1)CC(C[C@H]1CC[C@H](NC(=O)OC(C)(C)C)CC1)CO3. The molecule has 1 aromatic heterocycles. The largest absolute Gasteiger partial charge is 0.497 e. The van der Waals surface area contributed by atoms with Crippen LogP contribution in [-0.4, -0.2) is 36.4 Å². The van der Waals surface area contributed by atoms with Gasteiger partial charge < -0.3 is 19.5 Å². The third-order valence-corrected chi connectivity index (χ3v) is 6.35. The Morgan fingerprint density at radius 1 is 1.19 bits per heavy atom. The van der Waals surface area contributed by atoms with E-state index in [1.165, 1.54) is 5.56 Å². The molecule has 0 bridgehead atoms. The maximum atomic E-state index is 12.0. The Hall–Kier alpha value is -2.50. The second-order valence-electron chi connectivity index (χ2n) is 9.96. The quantitative estimate of drug-likeness (QED) is 0.721. The van der Waals surface area contributed by atoms with Crippen molar-refractivity contribution in [2.45, 2.75) is 70.9 Å². The molecule has 1 amide bonds. The van der Waals surface area contributed by atoms with Crippen molar-refractivity contribution in [3.63, 3.8) is 0 Å². The summed E-state index contributed by atoms with van der Waals surface area (Å²) in [7, 11) is 1.69. The number of ether oxygens (including phenoxy) is 3. The van der Waals surface area contributed by atoms with E-state index in [0.717, 1.165) is 67.5 Å². The van der Waals surface area contributed by atoms with Crippen LogP contribution in [0.25, 0.3) is 10.9 Å². The van der Waals surface area contributed by atoms with Gasteiger partial charge >= 0.3 is 6.09 Å². The number of fused-ring (bicyclic) bond motifs is 3. The molecule has 0 saturated heterocycles. The Bertz CT molecular complexity index is 924. The molecular formula is C25H34N2O4. The van der Waals surface area contributed by atoms with E-state index in [0.29, 0.717) is 11.8 Å². The average molecular weight is 427 g/mol. The van der Waals surface area contributed by atoms with E-state index in [1.807, 2.05) is 39.1 Å². The second kappa shape index (κ2) is 8.93. The van der Waals surface area contributed by atoms with E-state index < -0.39 is 5.60 Å². The zero-order chi connectivity index (χ0) is 22.0. The number of carbonyl (C=O) groups is 1. The van der Waals surface area contributed by atoms with Crippen LogP contribution in [-0.2, 0) is 11.2 Å². The van der Waals surface area contributed by atoms with Gasteiger partial charge in [-0.3, -0.25) is 4.98 Å². The molecule has 6 nitrogen and oxygen atoms in total. The first-order valence-electron chi connectivity index (χ1n) is 11.4. The summed E-state index contributed by atoms with van der Waals surface area (Å²) in [5.41, 5.74) is 1.78. The van der Waals surface area contributed by atoms with Crippen LogP contribution in [0.5, 0.6) is 11.5 Å². The first-order valence-corrected chi connectivity index (χ1v) is 11.4. The number of carbonyl (C=O) groups excluding carboxylic acids is 1. The van der Waals surface area contributed by atoms with E-state index in [1.54, 1.807) is 7.11 Å². The number of pyridine rings is 1. The number of alkyl carbamates (subject to hydrolysis) is 1. The number of nitrogens with one attached hydrogen (secondary N) is 1. The monoisotopic (exact) mass is 426 g/mol. The second-order valence-corrected chi connectivity index (χ2v) is 9.96. The van der Waals surface area contributed by atoms with E-state index in [2.05, 4.69) is 16.4 Å². The number of nitrogens with zero attached hydrogens (tertiary/aromatic N) is 1. The van der Waals surface area contributed by atoms with Gasteiger partial charge in [-0.05, 0) is 89.3 Å². The third-order valence-electron chi connectivity index (χ3n) is 6.35. The Morgan fingerprint density at radius 3 is 2.68 bits per heavy atom. The third kappa shape index (κ3) is 5.41. The molecule has 0 spiro atoms. The summed E-state index contributed by atoms with van der Waals surface area (Å²) >= 11 is 0. The summed E-state index contributed by atoms with van der Waals surface area (Å²) in [6, 6.07) is 6.25. The lowest BCUT2D eigenvalue weighted by Crippen LogP contribution is -2.41. The van der Waals surface area contributed by atoms with Crippen molar-refractivity contribution >= 4 is 17.0 Å². The van der Waals surface area contributed by atoms with Crippen molar-refractivity contribution in [2.24, 2.45) is 11.8 Å². The zero-order valence-corrected chi connectivity index (χ0v) is 19.1. The summed E-state index contributed by atoms with van der Waals surface area (Å²) in [5.74, 6) is 2.93. The van der Waals surface area contributed by atoms with Gasteiger partial charge in [0.25, 0.3) is 0 Å². The molecular weight excluding hydrogens is 392 g/mol. The summed E-state index contributed by atoms with van der Waals surface area (Å²) < 4.78 is 16.9. The first kappa shape index (κ1) is 21.7. The Morgan fingerprint density at radius 2 is 1.97 bits per heavy atom. The minimum atomic E-state index is -0.456. The highest BCUT2D eigenvalue weighted by Crippen LogP contribution is 2.38. The highest BCUT2D eigenvalue weighted by atomic mass is 16.6. The van der Waals surface area contributed by atoms with Crippen molar-refractivity contribution in [1.29, 1.82) is 0 Å². The van der Waals surface area contributed by atoms with Crippen LogP contribution in [0.15, 0.2) is 24.4 Å². The van der Waals surface area contributed by atoms with Gasteiger partial charge in [-0.15, -0.1) is 0 Å². The molecule has 168 valence electrons. The van der Waals surface area contributed by atoms with Crippen LogP contribution in [0.2, 0.25) is 0 Å². The molecule has 1 fully saturated rings. The lowest BCUT2D eigenvalue weighted by molar-refractivity contribution is 0.0484. The number of amides is 1. The molecule has 1 saturated carbocycles. The molecule has 1 N–H and O–H groups in total. The van der Waals surface area contributed by atoms with Gasteiger partial charge in [-0.25, -0.2) is 4.79 Å². The molecule has 2 aromatic rings. The Balaban J connectivity index is 1.33. The summed E-state index contributed by atoms with van der Waals surface area (Å²) in [6.45, 7) is 6.43. The minimum absolute atomic E-state index is 0.219. The highest BCUT2D eigenvalue weighted by molar-refractivity contribution is 5.85. The van der Waals surface area contributed by atoms with E-state index >= 15 is 0 Å². The molecule has 1 aromatic carbocycles. The molecule has 2 aliphatic rings. The van der Waals surface area contributed by atoms with E-state index in [-0.39, 0.29) is 12.1 Å². The number of rotatable bonds is 4. The Labute approximate surface area is 184 Å². The molecule has 0 radical (unpaired) electrons. The standard InChI is InChI=1S/C25H34N2O4/c1-25(2,3)31-24(28)27-18-7-5-16(6-8-18)11-17-12-21-20-13-19(29-4)9-10-22(20)26-14-23(21)30-15-17/h9-10,13-14,16-18H,5-8,11-12,15H2,1-4H3,(H,27,28)/t16-,17?,18-. The van der Waals surface area contributed by atoms with Crippen molar-refractivity contribution < 1.29 is 19.0 Å². The van der Waals surface area contributed by atoms with Gasteiger partial charge in [0.1, 0.15) is 17.1 Å². The van der Waals surface area contributed by atoms with Gasteiger partial charge in [-0.1, -0.05) is 0 Å². The van der Waals surface area contributed by atoms with Crippen molar-refractivity contribution in [3.8, 4) is 11.5 Å². The molecule has 1 aliphatic carbocycles. The fourth-order valence-electron chi connectivity index (χ4n) is 4.86. The molecule has 2 heterocycles. The Kier molecular flexibility index (Phi) is 6.26. The molecule has 6 heteroatoms. The minimum Gasteiger partial charge on any atom is -0.497 e. The van der Waals surface area contributed by atoms with Crippen LogP contribution < -0.4 is 14.8 Å². The molecule has 1 unspecified atom stereocenters.